The number of nitrogens with two attached hydrogens (primary N) is 1. The molecule has 0 unspecified atom stereocenters. The van der Waals surface area contributed by atoms with E-state index in [1.165, 1.54) is 16.7 Å². The van der Waals surface area contributed by atoms with Crippen molar-refractivity contribution in [3.63, 3.8) is 0 Å². The molecule has 1 aromatic heterocycles. The number of nitrogens with zero attached hydrogens (tertiary/aromatic N) is 3. The average Bonchev–Trinajstić information content (AvgIpc) is 2.43. The summed E-state index contributed by atoms with van der Waals surface area (Å²) in [6.45, 7) is 5.45. The van der Waals surface area contributed by atoms with E-state index in [0.717, 1.165) is 12.4 Å². The third kappa shape index (κ3) is 3.29. The number of benzene rings is 1. The number of aryl methyl sites for hydroxylation is 2. The largest absolute Gasteiger partial charge is 0.355 e. The van der Waals surface area contributed by atoms with Crippen LogP contribution in [-0.4, -0.2) is 17.0 Å². The molecule has 0 bridgehead atoms. The maximum absolute atomic E-state index is 5.56. The van der Waals surface area contributed by atoms with E-state index >= 15 is 0 Å². The zero-order chi connectivity index (χ0) is 13.8. The molecule has 0 saturated carbocycles. The molecule has 4 nitrogen and oxygen atoms in total. The van der Waals surface area contributed by atoms with Crippen LogP contribution in [0.25, 0.3) is 0 Å². The smallest absolute Gasteiger partial charge is 0.144 e. The Bertz CT molecular complexity index is 566. The van der Waals surface area contributed by atoms with Crippen LogP contribution >= 0.6 is 0 Å². The van der Waals surface area contributed by atoms with E-state index in [1.54, 1.807) is 6.20 Å². The molecule has 0 aliphatic carbocycles. The molecule has 4 heteroatoms. The molecule has 0 spiro atoms. The van der Waals surface area contributed by atoms with Crippen molar-refractivity contribution in [1.82, 2.24) is 9.97 Å². The number of rotatable bonds is 4. The molecular formula is C15H20N4. The summed E-state index contributed by atoms with van der Waals surface area (Å²) in [4.78, 5) is 10.6. The quantitative estimate of drug-likeness (QED) is 0.911. The van der Waals surface area contributed by atoms with Crippen molar-refractivity contribution in [3.8, 4) is 0 Å². The molecular weight excluding hydrogens is 236 g/mol. The molecule has 0 radical (unpaired) electrons. The van der Waals surface area contributed by atoms with Gasteiger partial charge in [0.15, 0.2) is 0 Å². The van der Waals surface area contributed by atoms with Gasteiger partial charge in [-0.15, -0.1) is 0 Å². The van der Waals surface area contributed by atoms with Crippen molar-refractivity contribution < 1.29 is 0 Å². The Morgan fingerprint density at radius 2 is 1.95 bits per heavy atom. The summed E-state index contributed by atoms with van der Waals surface area (Å²) in [5.41, 5.74) is 9.48. The van der Waals surface area contributed by atoms with Crippen LogP contribution in [0.4, 0.5) is 5.82 Å². The first kappa shape index (κ1) is 13.5. The first-order valence-electron chi connectivity index (χ1n) is 6.39. The zero-order valence-electron chi connectivity index (χ0n) is 11.7. The van der Waals surface area contributed by atoms with Crippen molar-refractivity contribution in [2.75, 3.05) is 11.9 Å². The number of hydrogen-bond donors (Lipinski definition) is 1. The SMILES string of the molecule is Cc1ccc(CN(C)c2ccnc(CN)n2)cc1C. The van der Waals surface area contributed by atoms with Gasteiger partial charge in [0.1, 0.15) is 11.6 Å². The van der Waals surface area contributed by atoms with Crippen molar-refractivity contribution >= 4 is 5.82 Å². The molecule has 1 aromatic carbocycles. The second-order valence-corrected chi connectivity index (χ2v) is 4.81. The van der Waals surface area contributed by atoms with Crippen LogP contribution in [0.5, 0.6) is 0 Å². The number of aromatic nitrogens is 2. The van der Waals surface area contributed by atoms with Gasteiger partial charge in [-0.2, -0.15) is 0 Å². The molecule has 0 saturated heterocycles. The summed E-state index contributed by atoms with van der Waals surface area (Å²) in [5.74, 6) is 1.57. The van der Waals surface area contributed by atoms with Gasteiger partial charge in [0, 0.05) is 19.8 Å². The van der Waals surface area contributed by atoms with Gasteiger partial charge in [-0.3, -0.25) is 0 Å². The number of hydrogen-bond acceptors (Lipinski definition) is 4. The van der Waals surface area contributed by atoms with Crippen LogP contribution in [0, 0.1) is 13.8 Å². The maximum atomic E-state index is 5.56. The molecule has 0 aliphatic rings. The minimum Gasteiger partial charge on any atom is -0.355 e. The van der Waals surface area contributed by atoms with Gasteiger partial charge in [0.25, 0.3) is 0 Å². The van der Waals surface area contributed by atoms with Crippen LogP contribution in [0.2, 0.25) is 0 Å². The molecule has 0 aliphatic heterocycles. The van der Waals surface area contributed by atoms with Gasteiger partial charge >= 0.3 is 0 Å². The van der Waals surface area contributed by atoms with Gasteiger partial charge in [-0.1, -0.05) is 18.2 Å². The van der Waals surface area contributed by atoms with Crippen molar-refractivity contribution in [3.05, 3.63) is 53.0 Å². The molecule has 0 amide bonds. The maximum Gasteiger partial charge on any atom is 0.144 e. The Hall–Kier alpha value is -1.94. The highest BCUT2D eigenvalue weighted by molar-refractivity contribution is 5.39. The van der Waals surface area contributed by atoms with Gasteiger partial charge in [-0.05, 0) is 36.6 Å². The molecule has 1 heterocycles. The second-order valence-electron chi connectivity index (χ2n) is 4.81. The lowest BCUT2D eigenvalue weighted by molar-refractivity contribution is 0.848. The normalized spacial score (nSPS) is 10.5. The Morgan fingerprint density at radius 1 is 1.16 bits per heavy atom. The molecule has 0 atom stereocenters. The third-order valence-electron chi connectivity index (χ3n) is 3.26. The van der Waals surface area contributed by atoms with E-state index in [-0.39, 0.29) is 0 Å². The topological polar surface area (TPSA) is 55.0 Å². The van der Waals surface area contributed by atoms with E-state index in [2.05, 4.69) is 46.9 Å². The standard InChI is InChI=1S/C15H20N4/c1-11-4-5-13(8-12(11)2)10-19(3)15-6-7-17-14(9-16)18-15/h4-8H,9-10,16H2,1-3H3. The fraction of sp³-hybridized carbons (Fsp3) is 0.333. The van der Waals surface area contributed by atoms with Crippen LogP contribution in [0.3, 0.4) is 0 Å². The molecule has 2 aromatic rings. The Labute approximate surface area is 114 Å². The van der Waals surface area contributed by atoms with E-state index in [1.807, 2.05) is 13.1 Å². The molecule has 19 heavy (non-hydrogen) atoms. The molecule has 2 N–H and O–H groups in total. The fourth-order valence-corrected chi connectivity index (χ4v) is 1.96. The highest BCUT2D eigenvalue weighted by atomic mass is 15.2. The van der Waals surface area contributed by atoms with E-state index in [4.69, 9.17) is 5.73 Å². The van der Waals surface area contributed by atoms with Gasteiger partial charge in [-0.25, -0.2) is 9.97 Å². The Kier molecular flexibility index (Phi) is 4.12. The average molecular weight is 256 g/mol. The second kappa shape index (κ2) is 5.80. The minimum atomic E-state index is 0.366. The molecule has 100 valence electrons. The van der Waals surface area contributed by atoms with Crippen molar-refractivity contribution in [2.45, 2.75) is 26.9 Å². The first-order chi connectivity index (χ1) is 9.10. The first-order valence-corrected chi connectivity index (χ1v) is 6.39. The third-order valence-corrected chi connectivity index (χ3v) is 3.26. The van der Waals surface area contributed by atoms with Gasteiger partial charge < -0.3 is 10.6 Å². The lowest BCUT2D eigenvalue weighted by Gasteiger charge is -2.19. The lowest BCUT2D eigenvalue weighted by atomic mass is 10.1. The van der Waals surface area contributed by atoms with E-state index in [9.17, 15) is 0 Å². The predicted octanol–water partition coefficient (Wildman–Crippen LogP) is 2.19. The summed E-state index contributed by atoms with van der Waals surface area (Å²) >= 11 is 0. The number of anilines is 1. The lowest BCUT2D eigenvalue weighted by Crippen LogP contribution is -2.19. The van der Waals surface area contributed by atoms with E-state index in [0.29, 0.717) is 12.4 Å². The van der Waals surface area contributed by atoms with Gasteiger partial charge in [0.2, 0.25) is 0 Å². The Balaban J connectivity index is 2.15. The summed E-state index contributed by atoms with van der Waals surface area (Å²) < 4.78 is 0. The van der Waals surface area contributed by atoms with Crippen LogP contribution < -0.4 is 10.6 Å². The summed E-state index contributed by atoms with van der Waals surface area (Å²) in [5, 5.41) is 0. The van der Waals surface area contributed by atoms with Crippen LogP contribution in [0.15, 0.2) is 30.5 Å². The summed E-state index contributed by atoms with van der Waals surface area (Å²) in [7, 11) is 2.03. The van der Waals surface area contributed by atoms with Crippen molar-refractivity contribution in [2.24, 2.45) is 5.73 Å². The van der Waals surface area contributed by atoms with E-state index < -0.39 is 0 Å². The fourth-order valence-electron chi connectivity index (χ4n) is 1.96. The minimum absolute atomic E-state index is 0.366. The molecule has 2 rings (SSSR count). The van der Waals surface area contributed by atoms with Crippen LogP contribution in [0.1, 0.15) is 22.5 Å². The van der Waals surface area contributed by atoms with Crippen LogP contribution in [-0.2, 0) is 13.1 Å². The van der Waals surface area contributed by atoms with Crippen molar-refractivity contribution in [1.29, 1.82) is 0 Å². The summed E-state index contributed by atoms with van der Waals surface area (Å²) in [6.07, 6.45) is 1.75. The predicted molar refractivity (Wildman–Crippen MR) is 77.9 cm³/mol. The summed E-state index contributed by atoms with van der Waals surface area (Å²) in [6, 6.07) is 8.44. The highest BCUT2D eigenvalue weighted by Gasteiger charge is 2.05. The zero-order valence-corrected chi connectivity index (χ0v) is 11.7. The van der Waals surface area contributed by atoms with Gasteiger partial charge in [0.05, 0.1) is 6.54 Å². The molecule has 0 fully saturated rings. The highest BCUT2D eigenvalue weighted by Crippen LogP contribution is 2.15. The monoisotopic (exact) mass is 256 g/mol. The Morgan fingerprint density at radius 3 is 2.63 bits per heavy atom.